The van der Waals surface area contributed by atoms with Crippen molar-refractivity contribution in [3.63, 3.8) is 0 Å². The molecule has 11 heteroatoms. The van der Waals surface area contributed by atoms with Crippen LogP contribution in [0.4, 0.5) is 0 Å². The van der Waals surface area contributed by atoms with Crippen LogP contribution in [0.2, 0.25) is 10.0 Å². The summed E-state index contributed by atoms with van der Waals surface area (Å²) >= 11 is 12.7. The van der Waals surface area contributed by atoms with Crippen molar-refractivity contribution in [2.75, 3.05) is 33.5 Å². The fraction of sp³-hybridized carbons (Fsp3) is 0.429. The molecule has 0 aromatic heterocycles. The van der Waals surface area contributed by atoms with Gasteiger partial charge in [0.2, 0.25) is 0 Å². The second-order valence-electron chi connectivity index (χ2n) is 6.81. The Bertz CT molecular complexity index is 958. The molecule has 0 fully saturated rings. The van der Waals surface area contributed by atoms with Crippen LogP contribution in [-0.4, -0.2) is 57.1 Å². The molecule has 0 bridgehead atoms. The number of rotatable bonds is 9. The third kappa shape index (κ3) is 5.99. The van der Waals surface area contributed by atoms with Gasteiger partial charge in [0.25, 0.3) is 0 Å². The molecule has 0 saturated carbocycles. The fourth-order valence-electron chi connectivity index (χ4n) is 3.43. The Balaban J connectivity index is 2.59. The van der Waals surface area contributed by atoms with E-state index in [1.54, 1.807) is 32.0 Å². The highest BCUT2D eigenvalue weighted by Crippen LogP contribution is 2.44. The first-order chi connectivity index (χ1) is 15.2. The third-order valence-electron chi connectivity index (χ3n) is 4.75. The van der Waals surface area contributed by atoms with Crippen LogP contribution >= 0.6 is 23.2 Å². The van der Waals surface area contributed by atoms with Gasteiger partial charge in [0.1, 0.15) is 5.92 Å². The van der Waals surface area contributed by atoms with Crippen LogP contribution in [0.25, 0.3) is 0 Å². The summed E-state index contributed by atoms with van der Waals surface area (Å²) in [6, 6.07) is 5.00. The minimum atomic E-state index is -0.902. The highest BCUT2D eigenvalue weighted by Gasteiger charge is 2.44. The van der Waals surface area contributed by atoms with Crippen molar-refractivity contribution in [1.82, 2.24) is 0 Å². The van der Waals surface area contributed by atoms with Gasteiger partial charge in [-0.3, -0.25) is 14.8 Å². The second kappa shape index (κ2) is 11.8. The smallest absolute Gasteiger partial charge is 0.336 e. The SMILES string of the molecule is CCOC(=O)C1=C(COCCN=C(N)N)N=C(C)C(C(=O)OC)C1c1cccc(Cl)c1Cl. The number of methoxy groups -OCH3 is 1. The molecule has 9 nitrogen and oxygen atoms in total. The van der Waals surface area contributed by atoms with E-state index in [1.807, 2.05) is 0 Å². The maximum atomic E-state index is 13.0. The monoisotopic (exact) mass is 484 g/mol. The van der Waals surface area contributed by atoms with Crippen molar-refractivity contribution in [3.8, 4) is 0 Å². The van der Waals surface area contributed by atoms with E-state index in [1.165, 1.54) is 7.11 Å². The van der Waals surface area contributed by atoms with Gasteiger partial charge >= 0.3 is 11.9 Å². The Kier molecular flexibility index (Phi) is 9.49. The molecule has 32 heavy (non-hydrogen) atoms. The Morgan fingerprint density at radius 3 is 2.59 bits per heavy atom. The zero-order valence-electron chi connectivity index (χ0n) is 18.1. The van der Waals surface area contributed by atoms with Gasteiger partial charge in [-0.15, -0.1) is 0 Å². The van der Waals surface area contributed by atoms with Crippen molar-refractivity contribution in [2.45, 2.75) is 19.8 Å². The molecule has 1 aromatic carbocycles. The largest absolute Gasteiger partial charge is 0.468 e. The Hall–Kier alpha value is -2.62. The molecule has 4 N–H and O–H groups in total. The standard InChI is InChI=1S/C21H26Cl2N4O5/c1-4-32-20(29)17-14(10-31-9-8-26-21(24)25)27-11(2)15(19(28)30-3)16(17)12-6-5-7-13(22)18(12)23/h5-7,15-16H,4,8-10H2,1-3H3,(H4,24,25,26). The number of carbonyl (C=O) groups excluding carboxylic acids is 2. The van der Waals surface area contributed by atoms with Gasteiger partial charge in [-0.1, -0.05) is 35.3 Å². The van der Waals surface area contributed by atoms with Crippen LogP contribution in [0, 0.1) is 5.92 Å². The van der Waals surface area contributed by atoms with Crippen LogP contribution in [0.3, 0.4) is 0 Å². The summed E-state index contributed by atoms with van der Waals surface area (Å²) in [5.41, 5.74) is 12.0. The topological polar surface area (TPSA) is 139 Å². The summed E-state index contributed by atoms with van der Waals surface area (Å²) in [6.07, 6.45) is 0. The maximum Gasteiger partial charge on any atom is 0.336 e. The number of esters is 2. The number of ether oxygens (including phenoxy) is 3. The quantitative estimate of drug-likeness (QED) is 0.237. The normalized spacial score (nSPS) is 18.1. The number of halogens is 2. The minimum Gasteiger partial charge on any atom is -0.468 e. The number of benzene rings is 1. The van der Waals surface area contributed by atoms with Gasteiger partial charge in [-0.2, -0.15) is 0 Å². The van der Waals surface area contributed by atoms with Gasteiger partial charge < -0.3 is 25.7 Å². The number of hydrogen-bond acceptors (Lipinski definition) is 7. The maximum absolute atomic E-state index is 13.0. The summed E-state index contributed by atoms with van der Waals surface area (Å²) in [5, 5.41) is 0.504. The molecule has 0 saturated heterocycles. The second-order valence-corrected chi connectivity index (χ2v) is 7.60. The Morgan fingerprint density at radius 2 is 1.97 bits per heavy atom. The molecule has 1 aliphatic rings. The predicted molar refractivity (Wildman–Crippen MR) is 123 cm³/mol. The Labute approximate surface area is 196 Å². The average Bonchev–Trinajstić information content (AvgIpc) is 2.74. The lowest BCUT2D eigenvalue weighted by Crippen LogP contribution is -2.37. The lowest BCUT2D eigenvalue weighted by Gasteiger charge is -2.32. The lowest BCUT2D eigenvalue weighted by molar-refractivity contribution is -0.144. The zero-order chi connectivity index (χ0) is 23.8. The van der Waals surface area contributed by atoms with Crippen LogP contribution < -0.4 is 11.5 Å². The Morgan fingerprint density at radius 1 is 1.25 bits per heavy atom. The molecular formula is C21H26Cl2N4O5. The third-order valence-corrected chi connectivity index (χ3v) is 5.59. The van der Waals surface area contributed by atoms with Crippen LogP contribution in [0.1, 0.15) is 25.3 Å². The van der Waals surface area contributed by atoms with Crippen molar-refractivity contribution in [3.05, 3.63) is 45.1 Å². The molecule has 2 rings (SSSR count). The molecule has 1 aromatic rings. The first-order valence-corrected chi connectivity index (χ1v) is 10.6. The molecule has 2 unspecified atom stereocenters. The van der Waals surface area contributed by atoms with Crippen LogP contribution in [-0.2, 0) is 23.8 Å². The molecule has 2 atom stereocenters. The number of guanidine groups is 1. The highest BCUT2D eigenvalue weighted by molar-refractivity contribution is 6.42. The van der Waals surface area contributed by atoms with E-state index in [0.29, 0.717) is 17.0 Å². The summed E-state index contributed by atoms with van der Waals surface area (Å²) in [5.74, 6) is -2.99. The van der Waals surface area contributed by atoms with Gasteiger partial charge in [0, 0.05) is 11.6 Å². The van der Waals surface area contributed by atoms with Crippen molar-refractivity contribution >= 4 is 46.8 Å². The molecular weight excluding hydrogens is 459 g/mol. The molecule has 0 spiro atoms. The van der Waals surface area contributed by atoms with Crippen LogP contribution in [0.15, 0.2) is 39.5 Å². The lowest BCUT2D eigenvalue weighted by atomic mass is 9.75. The van der Waals surface area contributed by atoms with E-state index in [0.717, 1.165) is 0 Å². The number of nitrogens with two attached hydrogens (primary N) is 2. The fourth-order valence-corrected chi connectivity index (χ4v) is 3.86. The average molecular weight is 485 g/mol. The van der Waals surface area contributed by atoms with E-state index in [-0.39, 0.29) is 47.9 Å². The zero-order valence-corrected chi connectivity index (χ0v) is 19.6. The molecule has 1 heterocycles. The number of nitrogens with zero attached hydrogens (tertiary/aromatic N) is 2. The highest BCUT2D eigenvalue weighted by atomic mass is 35.5. The molecule has 174 valence electrons. The van der Waals surface area contributed by atoms with Crippen molar-refractivity contribution in [1.29, 1.82) is 0 Å². The van der Waals surface area contributed by atoms with E-state index >= 15 is 0 Å². The first-order valence-electron chi connectivity index (χ1n) is 9.83. The van der Waals surface area contributed by atoms with E-state index in [9.17, 15) is 9.59 Å². The molecule has 0 aliphatic carbocycles. The van der Waals surface area contributed by atoms with Gasteiger partial charge in [-0.05, 0) is 25.5 Å². The number of aliphatic imine (C=N–C) groups is 2. The summed E-state index contributed by atoms with van der Waals surface area (Å²) < 4.78 is 15.9. The van der Waals surface area contributed by atoms with Crippen molar-refractivity contribution < 1.29 is 23.8 Å². The number of hydrogen-bond donors (Lipinski definition) is 2. The summed E-state index contributed by atoms with van der Waals surface area (Å²) in [6.45, 7) is 3.88. The molecule has 1 aliphatic heterocycles. The van der Waals surface area contributed by atoms with Gasteiger partial charge in [0.05, 0.1) is 54.8 Å². The summed E-state index contributed by atoms with van der Waals surface area (Å²) in [4.78, 5) is 34.1. The van der Waals surface area contributed by atoms with Crippen LogP contribution in [0.5, 0.6) is 0 Å². The minimum absolute atomic E-state index is 0.0337. The van der Waals surface area contributed by atoms with Gasteiger partial charge in [0.15, 0.2) is 5.96 Å². The van der Waals surface area contributed by atoms with Crippen molar-refractivity contribution in [2.24, 2.45) is 27.4 Å². The van der Waals surface area contributed by atoms with Gasteiger partial charge in [-0.25, -0.2) is 4.79 Å². The van der Waals surface area contributed by atoms with E-state index in [2.05, 4.69) is 9.98 Å². The first kappa shape index (κ1) is 25.6. The van der Waals surface area contributed by atoms with E-state index < -0.39 is 23.8 Å². The number of carbonyl (C=O) groups is 2. The predicted octanol–water partition coefficient (Wildman–Crippen LogP) is 2.45. The molecule has 0 amide bonds. The molecule has 0 radical (unpaired) electrons. The van der Waals surface area contributed by atoms with E-state index in [4.69, 9.17) is 48.9 Å². The summed E-state index contributed by atoms with van der Waals surface area (Å²) in [7, 11) is 1.27.